The van der Waals surface area contributed by atoms with Crippen LogP contribution in [0.3, 0.4) is 0 Å². The van der Waals surface area contributed by atoms with Crippen molar-refractivity contribution in [3.8, 4) is 0 Å². The molecule has 0 amide bonds. The highest BCUT2D eigenvalue weighted by Gasteiger charge is 2.16. The largest absolute Gasteiger partial charge is 0.462 e. The maximum Gasteiger partial charge on any atom is 0.306 e. The number of rotatable bonds is 49. The Morgan fingerprint density at radius 1 is 0.364 bits per heavy atom. The Balaban J connectivity index is 3.58. The molecule has 0 aliphatic heterocycles. The number of esters is 2. The number of allylic oxidation sites excluding steroid dienone is 18. The third-order valence-electron chi connectivity index (χ3n) is 11.6. The molecule has 0 aliphatic rings. The Bertz CT molecular complexity index is 1310. The maximum absolute atomic E-state index is 12.3. The van der Waals surface area contributed by atoms with Crippen molar-refractivity contribution < 1.29 is 24.2 Å². The van der Waals surface area contributed by atoms with Crippen molar-refractivity contribution in [1.29, 1.82) is 0 Å². The quantitative estimate of drug-likeness (QED) is 0.0374. The van der Waals surface area contributed by atoms with E-state index in [2.05, 4.69) is 123 Å². The van der Waals surface area contributed by atoms with Crippen LogP contribution in [0.5, 0.6) is 0 Å². The lowest BCUT2D eigenvalue weighted by Crippen LogP contribution is -2.28. The van der Waals surface area contributed by atoms with Crippen molar-refractivity contribution in [3.63, 3.8) is 0 Å². The summed E-state index contributed by atoms with van der Waals surface area (Å²) in [5.74, 6) is -0.661. The summed E-state index contributed by atoms with van der Waals surface area (Å²) in [7, 11) is 0. The van der Waals surface area contributed by atoms with Gasteiger partial charge in [-0.25, -0.2) is 0 Å². The Morgan fingerprint density at radius 2 is 0.667 bits per heavy atom. The van der Waals surface area contributed by atoms with Gasteiger partial charge in [-0.1, -0.05) is 245 Å². The molecule has 1 N–H and O–H groups in total. The van der Waals surface area contributed by atoms with Gasteiger partial charge in [0.15, 0.2) is 6.10 Å². The van der Waals surface area contributed by atoms with Crippen LogP contribution in [-0.2, 0) is 19.1 Å². The summed E-state index contributed by atoms with van der Waals surface area (Å²) in [4.78, 5) is 24.5. The molecule has 0 saturated heterocycles. The van der Waals surface area contributed by atoms with E-state index in [1.54, 1.807) is 0 Å². The Morgan fingerprint density at radius 3 is 1.03 bits per heavy atom. The highest BCUT2D eigenvalue weighted by molar-refractivity contribution is 5.70. The van der Waals surface area contributed by atoms with E-state index in [1.807, 2.05) is 0 Å². The molecule has 66 heavy (non-hydrogen) atoms. The standard InChI is InChI=1S/C61H102O5/c1-3-5-7-9-11-13-15-17-19-21-23-25-27-28-29-30-31-32-34-35-37-39-41-43-45-47-49-51-53-55-60(63)65-58-59(57-62)66-61(64)56-54-52-50-48-46-44-42-40-38-36-33-26-24-22-20-18-16-14-12-10-8-6-4-2/h6,8,12,14-15,17-18,20-21,23-24,26,36,38,42,44,48,50,59,62H,3-5,7,9-11,13,16,19,22,25,27-35,37,39-41,43,45-47,49,51-58H2,1-2H3/b8-6-,14-12-,17-15-,20-18-,23-21-,26-24-,38-36-,44-42-,50-48-. The molecular weight excluding hydrogens is 813 g/mol. The molecule has 0 aromatic carbocycles. The van der Waals surface area contributed by atoms with Crippen LogP contribution in [-0.4, -0.2) is 36.4 Å². The lowest BCUT2D eigenvalue weighted by Gasteiger charge is -2.15. The van der Waals surface area contributed by atoms with Crippen molar-refractivity contribution in [3.05, 3.63) is 109 Å². The van der Waals surface area contributed by atoms with E-state index in [0.717, 1.165) is 77.0 Å². The van der Waals surface area contributed by atoms with Gasteiger partial charge in [0.2, 0.25) is 0 Å². The van der Waals surface area contributed by atoms with Crippen LogP contribution >= 0.6 is 0 Å². The van der Waals surface area contributed by atoms with Crippen molar-refractivity contribution in [2.75, 3.05) is 13.2 Å². The Kier molecular flexibility index (Phi) is 53.0. The number of hydrogen-bond acceptors (Lipinski definition) is 5. The molecule has 1 atom stereocenters. The number of unbranched alkanes of at least 4 members (excludes halogenated alkanes) is 23. The van der Waals surface area contributed by atoms with E-state index in [4.69, 9.17) is 9.47 Å². The van der Waals surface area contributed by atoms with Crippen molar-refractivity contribution in [2.24, 2.45) is 0 Å². The first-order valence-corrected chi connectivity index (χ1v) is 27.4. The summed E-state index contributed by atoms with van der Waals surface area (Å²) < 4.78 is 10.6. The van der Waals surface area contributed by atoms with Gasteiger partial charge in [0.25, 0.3) is 0 Å². The number of aliphatic hydroxyl groups excluding tert-OH is 1. The van der Waals surface area contributed by atoms with Gasteiger partial charge in [-0.05, 0) is 96.3 Å². The molecule has 0 aromatic heterocycles. The number of carbonyl (C=O) groups is 2. The molecule has 1 unspecified atom stereocenters. The molecule has 0 aliphatic carbocycles. The molecular formula is C61H102O5. The molecule has 0 fully saturated rings. The van der Waals surface area contributed by atoms with E-state index < -0.39 is 6.10 Å². The molecule has 0 rings (SSSR count). The first-order chi connectivity index (χ1) is 32.6. The number of ether oxygens (including phenoxy) is 2. The average molecular weight is 915 g/mol. The van der Waals surface area contributed by atoms with Crippen molar-refractivity contribution in [2.45, 2.75) is 251 Å². The van der Waals surface area contributed by atoms with E-state index >= 15 is 0 Å². The minimum Gasteiger partial charge on any atom is -0.462 e. The molecule has 0 saturated carbocycles. The van der Waals surface area contributed by atoms with Gasteiger partial charge in [-0.15, -0.1) is 0 Å². The van der Waals surface area contributed by atoms with E-state index in [-0.39, 0.29) is 31.6 Å². The lowest BCUT2D eigenvalue weighted by molar-refractivity contribution is -0.161. The predicted molar refractivity (Wildman–Crippen MR) is 288 cm³/mol. The minimum atomic E-state index is -0.810. The van der Waals surface area contributed by atoms with Crippen LogP contribution in [0.2, 0.25) is 0 Å². The first-order valence-electron chi connectivity index (χ1n) is 27.4. The fourth-order valence-electron chi connectivity index (χ4n) is 7.46. The highest BCUT2D eigenvalue weighted by atomic mass is 16.6. The molecule has 5 heteroatoms. The molecule has 0 aromatic rings. The van der Waals surface area contributed by atoms with Crippen LogP contribution in [0.1, 0.15) is 245 Å². The lowest BCUT2D eigenvalue weighted by atomic mass is 10.0. The molecule has 0 spiro atoms. The van der Waals surface area contributed by atoms with Gasteiger partial charge in [0, 0.05) is 12.8 Å². The van der Waals surface area contributed by atoms with Crippen LogP contribution in [0, 0.1) is 0 Å². The first kappa shape index (κ1) is 62.6. The Hall–Kier alpha value is -3.44. The fraction of sp³-hybridized carbons (Fsp3) is 0.672. The van der Waals surface area contributed by atoms with E-state index in [9.17, 15) is 14.7 Å². The molecule has 0 radical (unpaired) electrons. The third kappa shape index (κ3) is 53.2. The van der Waals surface area contributed by atoms with Crippen LogP contribution in [0.15, 0.2) is 109 Å². The second kappa shape index (κ2) is 55.9. The predicted octanol–water partition coefficient (Wildman–Crippen LogP) is 18.5. The molecule has 0 bridgehead atoms. The van der Waals surface area contributed by atoms with Gasteiger partial charge < -0.3 is 14.6 Å². The van der Waals surface area contributed by atoms with Gasteiger partial charge in [0.1, 0.15) is 6.61 Å². The summed E-state index contributed by atoms with van der Waals surface area (Å²) in [6.45, 7) is 3.98. The highest BCUT2D eigenvalue weighted by Crippen LogP contribution is 2.15. The SMILES string of the molecule is CC/C=C\C/C=C\C/C=C\C/C=C\C/C=C\C/C=C\C/C=C\CCCC(=O)OC(CO)COC(=O)CCCCCCCCCCCCCCCCCCC/C=C\C/C=C\CCCCCCC. The monoisotopic (exact) mass is 915 g/mol. The average Bonchev–Trinajstić information content (AvgIpc) is 3.32. The second-order valence-corrected chi connectivity index (χ2v) is 17.9. The van der Waals surface area contributed by atoms with Gasteiger partial charge in [-0.2, -0.15) is 0 Å². The number of aliphatic hydroxyl groups is 1. The Labute approximate surface area is 408 Å². The normalized spacial score (nSPS) is 13.1. The summed E-state index contributed by atoms with van der Waals surface area (Å²) in [5.41, 5.74) is 0. The maximum atomic E-state index is 12.3. The second-order valence-electron chi connectivity index (χ2n) is 17.9. The third-order valence-corrected chi connectivity index (χ3v) is 11.6. The summed E-state index contributed by atoms with van der Waals surface area (Å²) >= 11 is 0. The minimum absolute atomic E-state index is 0.0940. The van der Waals surface area contributed by atoms with Crippen molar-refractivity contribution in [1.82, 2.24) is 0 Å². The molecule has 5 nitrogen and oxygen atoms in total. The van der Waals surface area contributed by atoms with Gasteiger partial charge in [-0.3, -0.25) is 9.59 Å². The van der Waals surface area contributed by atoms with Crippen LogP contribution in [0.25, 0.3) is 0 Å². The summed E-state index contributed by atoms with van der Waals surface area (Å²) in [6.07, 6.45) is 80.6. The number of carbonyl (C=O) groups excluding carboxylic acids is 2. The zero-order valence-corrected chi connectivity index (χ0v) is 42.9. The summed E-state index contributed by atoms with van der Waals surface area (Å²) in [6, 6.07) is 0. The van der Waals surface area contributed by atoms with Crippen LogP contribution < -0.4 is 0 Å². The van der Waals surface area contributed by atoms with Gasteiger partial charge in [0.05, 0.1) is 6.61 Å². The van der Waals surface area contributed by atoms with Crippen molar-refractivity contribution >= 4 is 11.9 Å². The summed E-state index contributed by atoms with van der Waals surface area (Å²) in [5, 5.41) is 9.63. The molecule has 0 heterocycles. The van der Waals surface area contributed by atoms with Crippen LogP contribution in [0.4, 0.5) is 0 Å². The number of hydrogen-bond donors (Lipinski definition) is 1. The van der Waals surface area contributed by atoms with E-state index in [0.29, 0.717) is 12.8 Å². The zero-order chi connectivity index (χ0) is 47.7. The smallest absolute Gasteiger partial charge is 0.306 e. The topological polar surface area (TPSA) is 72.8 Å². The molecule has 376 valence electrons. The fourth-order valence-corrected chi connectivity index (χ4v) is 7.46. The zero-order valence-electron chi connectivity index (χ0n) is 42.9. The van der Waals surface area contributed by atoms with Gasteiger partial charge >= 0.3 is 11.9 Å². The van der Waals surface area contributed by atoms with E-state index in [1.165, 1.54) is 135 Å².